The zero-order valence-corrected chi connectivity index (χ0v) is 12.1. The quantitative estimate of drug-likeness (QED) is 0.848. The van der Waals surface area contributed by atoms with E-state index in [-0.39, 0.29) is 0 Å². The van der Waals surface area contributed by atoms with Gasteiger partial charge in [-0.2, -0.15) is 0 Å². The van der Waals surface area contributed by atoms with Gasteiger partial charge in [-0.15, -0.1) is 11.8 Å². The van der Waals surface area contributed by atoms with Crippen LogP contribution in [0.15, 0.2) is 47.4 Å². The molecule has 0 bridgehead atoms. The lowest BCUT2D eigenvalue weighted by Crippen LogP contribution is -2.07. The van der Waals surface area contributed by atoms with Crippen LogP contribution in [0, 0.1) is 5.82 Å². The third-order valence-corrected chi connectivity index (χ3v) is 3.97. The summed E-state index contributed by atoms with van der Waals surface area (Å²) < 4.78 is 14.2. The minimum absolute atomic E-state index is 0.395. The molecule has 4 heteroatoms. The average Bonchev–Trinajstić information content (AvgIpc) is 2.46. The monoisotopic (exact) mass is 290 g/mol. The third kappa shape index (κ3) is 3.02. The smallest absolute Gasteiger partial charge is 0.310 e. The molecule has 2 aromatic rings. The van der Waals surface area contributed by atoms with Gasteiger partial charge in [0.25, 0.3) is 0 Å². The fourth-order valence-corrected chi connectivity index (χ4v) is 2.43. The Labute approximate surface area is 121 Å². The molecular weight excluding hydrogens is 275 g/mol. The first kappa shape index (κ1) is 14.6. The van der Waals surface area contributed by atoms with Crippen molar-refractivity contribution in [2.75, 3.05) is 6.26 Å². The van der Waals surface area contributed by atoms with Gasteiger partial charge in [-0.3, -0.25) is 4.79 Å². The van der Waals surface area contributed by atoms with Gasteiger partial charge >= 0.3 is 5.97 Å². The van der Waals surface area contributed by atoms with Gasteiger partial charge in [0.15, 0.2) is 0 Å². The van der Waals surface area contributed by atoms with Crippen molar-refractivity contribution < 1.29 is 14.3 Å². The molecule has 1 N–H and O–H groups in total. The fourth-order valence-electron chi connectivity index (χ4n) is 1.97. The number of carboxylic acids is 1. The lowest BCUT2D eigenvalue weighted by molar-refractivity contribution is -0.138. The van der Waals surface area contributed by atoms with E-state index in [0.29, 0.717) is 11.1 Å². The maximum Gasteiger partial charge on any atom is 0.310 e. The minimum Gasteiger partial charge on any atom is -0.481 e. The maximum absolute atomic E-state index is 14.2. The molecule has 2 aromatic carbocycles. The number of rotatable bonds is 4. The number of benzene rings is 2. The van der Waals surface area contributed by atoms with Crippen molar-refractivity contribution >= 4 is 17.7 Å². The number of halogens is 1. The Morgan fingerprint density at radius 3 is 2.60 bits per heavy atom. The van der Waals surface area contributed by atoms with Crippen LogP contribution in [0.5, 0.6) is 0 Å². The molecule has 0 aromatic heterocycles. The lowest BCUT2D eigenvalue weighted by atomic mass is 9.97. The van der Waals surface area contributed by atoms with E-state index in [1.165, 1.54) is 6.07 Å². The Kier molecular flexibility index (Phi) is 4.45. The first-order chi connectivity index (χ1) is 9.52. The van der Waals surface area contributed by atoms with E-state index >= 15 is 0 Å². The van der Waals surface area contributed by atoms with Gasteiger partial charge in [0.2, 0.25) is 0 Å². The van der Waals surface area contributed by atoms with Crippen LogP contribution >= 0.6 is 11.8 Å². The van der Waals surface area contributed by atoms with Crippen LogP contribution in [-0.4, -0.2) is 17.3 Å². The summed E-state index contributed by atoms with van der Waals surface area (Å²) in [5, 5.41) is 8.96. The van der Waals surface area contributed by atoms with Crippen molar-refractivity contribution in [1.29, 1.82) is 0 Å². The van der Waals surface area contributed by atoms with E-state index in [1.807, 2.05) is 30.5 Å². The molecule has 0 amide bonds. The van der Waals surface area contributed by atoms with Crippen LogP contribution in [0.2, 0.25) is 0 Å². The number of aliphatic carboxylic acids is 1. The van der Waals surface area contributed by atoms with Gasteiger partial charge in [0.05, 0.1) is 5.92 Å². The molecule has 0 fully saturated rings. The molecule has 2 rings (SSSR count). The molecule has 104 valence electrons. The predicted octanol–water partition coefficient (Wildman–Crippen LogP) is 4.40. The Morgan fingerprint density at radius 2 is 2.00 bits per heavy atom. The Balaban J connectivity index is 2.41. The Hall–Kier alpha value is -1.81. The fraction of sp³-hybridized carbons (Fsp3) is 0.188. The van der Waals surface area contributed by atoms with Crippen LogP contribution < -0.4 is 0 Å². The number of carbonyl (C=O) groups is 1. The van der Waals surface area contributed by atoms with Crippen molar-refractivity contribution in [1.82, 2.24) is 0 Å². The summed E-state index contributed by atoms with van der Waals surface area (Å²) in [5.41, 5.74) is 1.76. The molecule has 0 heterocycles. The van der Waals surface area contributed by atoms with Crippen molar-refractivity contribution in [2.45, 2.75) is 17.7 Å². The molecule has 0 aliphatic heterocycles. The standard InChI is InChI=1S/C16H15FO2S/c1-10(16(18)19)11-6-7-14(15(17)9-11)12-4-3-5-13(8-12)20-2/h3-10H,1-2H3,(H,18,19). The van der Waals surface area contributed by atoms with Crippen molar-refractivity contribution in [3.63, 3.8) is 0 Å². The molecule has 0 radical (unpaired) electrons. The van der Waals surface area contributed by atoms with E-state index in [2.05, 4.69) is 0 Å². The van der Waals surface area contributed by atoms with Gasteiger partial charge in [-0.25, -0.2) is 4.39 Å². The average molecular weight is 290 g/mol. The van der Waals surface area contributed by atoms with E-state index in [0.717, 1.165) is 10.5 Å². The largest absolute Gasteiger partial charge is 0.481 e. The number of hydrogen-bond donors (Lipinski definition) is 1. The second kappa shape index (κ2) is 6.09. The van der Waals surface area contributed by atoms with E-state index in [1.54, 1.807) is 30.8 Å². The summed E-state index contributed by atoms with van der Waals surface area (Å²) in [5.74, 6) is -2.06. The zero-order valence-electron chi connectivity index (χ0n) is 11.3. The molecular formula is C16H15FO2S. The highest BCUT2D eigenvalue weighted by Gasteiger charge is 2.16. The van der Waals surface area contributed by atoms with E-state index < -0.39 is 17.7 Å². The van der Waals surface area contributed by atoms with Gasteiger partial charge in [0.1, 0.15) is 5.82 Å². The Morgan fingerprint density at radius 1 is 1.25 bits per heavy atom. The van der Waals surface area contributed by atoms with Crippen molar-refractivity contribution in [3.05, 3.63) is 53.8 Å². The van der Waals surface area contributed by atoms with Crippen molar-refractivity contribution in [3.8, 4) is 11.1 Å². The molecule has 1 atom stereocenters. The van der Waals surface area contributed by atoms with Gasteiger partial charge in [-0.1, -0.05) is 24.3 Å². The predicted molar refractivity (Wildman–Crippen MR) is 79.7 cm³/mol. The van der Waals surface area contributed by atoms with Gasteiger partial charge < -0.3 is 5.11 Å². The maximum atomic E-state index is 14.2. The van der Waals surface area contributed by atoms with Crippen LogP contribution in [-0.2, 0) is 4.79 Å². The molecule has 0 saturated heterocycles. The zero-order chi connectivity index (χ0) is 14.7. The molecule has 0 saturated carbocycles. The summed E-state index contributed by atoms with van der Waals surface area (Å²) in [6.45, 7) is 1.55. The van der Waals surface area contributed by atoms with E-state index in [9.17, 15) is 9.18 Å². The highest BCUT2D eigenvalue weighted by Crippen LogP contribution is 2.28. The number of carboxylic acid groups (broad SMARTS) is 1. The second-order valence-electron chi connectivity index (χ2n) is 4.53. The first-order valence-electron chi connectivity index (χ1n) is 6.19. The van der Waals surface area contributed by atoms with Crippen LogP contribution in [0.4, 0.5) is 4.39 Å². The summed E-state index contributed by atoms with van der Waals surface area (Å²) in [6, 6.07) is 12.2. The normalized spacial score (nSPS) is 12.2. The first-order valence-corrected chi connectivity index (χ1v) is 7.42. The number of hydrogen-bond acceptors (Lipinski definition) is 2. The van der Waals surface area contributed by atoms with Crippen LogP contribution in [0.1, 0.15) is 18.4 Å². The highest BCUT2D eigenvalue weighted by molar-refractivity contribution is 7.98. The number of thioether (sulfide) groups is 1. The molecule has 20 heavy (non-hydrogen) atoms. The molecule has 2 nitrogen and oxygen atoms in total. The van der Waals surface area contributed by atoms with E-state index in [4.69, 9.17) is 5.11 Å². The van der Waals surface area contributed by atoms with Crippen LogP contribution in [0.3, 0.4) is 0 Å². The van der Waals surface area contributed by atoms with Crippen molar-refractivity contribution in [2.24, 2.45) is 0 Å². The summed E-state index contributed by atoms with van der Waals surface area (Å²) in [6.07, 6.45) is 1.97. The topological polar surface area (TPSA) is 37.3 Å². The molecule has 0 aliphatic rings. The molecule has 1 unspecified atom stereocenters. The summed E-state index contributed by atoms with van der Waals surface area (Å²) in [7, 11) is 0. The van der Waals surface area contributed by atoms with Gasteiger partial charge in [-0.05, 0) is 42.5 Å². The molecule has 0 spiro atoms. The summed E-state index contributed by atoms with van der Waals surface area (Å²) >= 11 is 1.60. The highest BCUT2D eigenvalue weighted by atomic mass is 32.2. The second-order valence-corrected chi connectivity index (χ2v) is 5.41. The van der Waals surface area contributed by atoms with Crippen LogP contribution in [0.25, 0.3) is 11.1 Å². The molecule has 0 aliphatic carbocycles. The summed E-state index contributed by atoms with van der Waals surface area (Å²) in [4.78, 5) is 12.0. The Bertz CT molecular complexity index is 640. The SMILES string of the molecule is CSc1cccc(-c2ccc(C(C)C(=O)O)cc2F)c1. The van der Waals surface area contributed by atoms with Gasteiger partial charge in [0, 0.05) is 10.5 Å². The lowest BCUT2D eigenvalue weighted by Gasteiger charge is -2.10. The third-order valence-electron chi connectivity index (χ3n) is 3.24. The minimum atomic E-state index is -0.957.